The summed E-state index contributed by atoms with van der Waals surface area (Å²) in [6, 6.07) is 9.70. The molecule has 0 fully saturated rings. The number of methoxy groups -OCH3 is 1. The van der Waals surface area contributed by atoms with Crippen molar-refractivity contribution in [2.24, 2.45) is 0 Å². The minimum Gasteiger partial charge on any atom is -0.494 e. The van der Waals surface area contributed by atoms with Crippen LogP contribution in [0.1, 0.15) is 12.5 Å². The molecule has 2 rings (SSSR count). The molecule has 0 saturated carbocycles. The summed E-state index contributed by atoms with van der Waals surface area (Å²) < 4.78 is 18.7. The van der Waals surface area contributed by atoms with Gasteiger partial charge in [0.1, 0.15) is 6.54 Å². The van der Waals surface area contributed by atoms with Gasteiger partial charge in [0.05, 0.1) is 24.4 Å². The molecule has 0 saturated heterocycles. The Morgan fingerprint density at radius 2 is 2.00 bits per heavy atom. The SMILES string of the molecule is CC[NH+](CC(=O)Nc1cc(Cl)ccc1Cl)Cc1ccc(OC)c(F)c1. The molecule has 0 bridgehead atoms. The second-order valence-corrected chi connectivity index (χ2v) is 6.44. The van der Waals surface area contributed by atoms with Crippen LogP contribution < -0.4 is 15.0 Å². The molecule has 2 aromatic rings. The van der Waals surface area contributed by atoms with Crippen molar-refractivity contribution in [1.29, 1.82) is 0 Å². The Labute approximate surface area is 156 Å². The Kier molecular flexibility index (Phi) is 7.05. The number of carbonyl (C=O) groups excluding carboxylic acids is 1. The predicted molar refractivity (Wildman–Crippen MR) is 98.1 cm³/mol. The van der Waals surface area contributed by atoms with Crippen LogP contribution >= 0.6 is 23.2 Å². The molecular weight excluding hydrogens is 366 g/mol. The normalized spacial score (nSPS) is 11.9. The van der Waals surface area contributed by atoms with Crippen molar-refractivity contribution in [2.75, 3.05) is 25.5 Å². The monoisotopic (exact) mass is 385 g/mol. The maximum Gasteiger partial charge on any atom is 0.279 e. The maximum absolute atomic E-state index is 13.8. The summed E-state index contributed by atoms with van der Waals surface area (Å²) in [5.41, 5.74) is 1.27. The van der Waals surface area contributed by atoms with Crippen molar-refractivity contribution in [2.45, 2.75) is 13.5 Å². The van der Waals surface area contributed by atoms with E-state index in [0.29, 0.717) is 28.8 Å². The van der Waals surface area contributed by atoms with Crippen LogP contribution in [-0.4, -0.2) is 26.1 Å². The molecule has 7 heteroatoms. The Hall–Kier alpha value is -1.82. The van der Waals surface area contributed by atoms with Gasteiger partial charge in [-0.2, -0.15) is 0 Å². The van der Waals surface area contributed by atoms with E-state index in [1.54, 1.807) is 30.3 Å². The van der Waals surface area contributed by atoms with Crippen LogP contribution in [0.2, 0.25) is 10.0 Å². The van der Waals surface area contributed by atoms with Crippen LogP contribution in [0.25, 0.3) is 0 Å². The van der Waals surface area contributed by atoms with Crippen LogP contribution in [0.3, 0.4) is 0 Å². The largest absolute Gasteiger partial charge is 0.494 e. The van der Waals surface area contributed by atoms with Gasteiger partial charge in [-0.1, -0.05) is 23.2 Å². The fourth-order valence-corrected chi connectivity index (χ4v) is 2.77. The zero-order valence-corrected chi connectivity index (χ0v) is 15.5. The summed E-state index contributed by atoms with van der Waals surface area (Å²) in [6.45, 7) is 3.43. The third-order valence-corrected chi connectivity index (χ3v) is 4.35. The molecule has 0 aliphatic carbocycles. The smallest absolute Gasteiger partial charge is 0.279 e. The summed E-state index contributed by atoms with van der Waals surface area (Å²) >= 11 is 12.0. The van der Waals surface area contributed by atoms with E-state index < -0.39 is 5.82 Å². The number of quaternary nitrogens is 1. The topological polar surface area (TPSA) is 42.8 Å². The average molecular weight is 386 g/mol. The van der Waals surface area contributed by atoms with Gasteiger partial charge >= 0.3 is 0 Å². The maximum atomic E-state index is 13.8. The first-order valence-electron chi connectivity index (χ1n) is 7.83. The molecular formula is C18H20Cl2FN2O2+. The standard InChI is InChI=1S/C18H19Cl2FN2O2/c1-3-23(10-12-4-7-17(25-2)15(21)8-12)11-18(24)22-16-9-13(19)5-6-14(16)20/h4-9H,3,10-11H2,1-2H3,(H,22,24)/p+1. The number of nitrogens with one attached hydrogen (secondary N) is 2. The lowest BCUT2D eigenvalue weighted by atomic mass is 10.2. The quantitative estimate of drug-likeness (QED) is 0.768. The van der Waals surface area contributed by atoms with Crippen LogP contribution in [0, 0.1) is 5.82 Å². The van der Waals surface area contributed by atoms with Gasteiger partial charge < -0.3 is 15.0 Å². The van der Waals surface area contributed by atoms with E-state index in [1.807, 2.05) is 6.92 Å². The van der Waals surface area contributed by atoms with Gasteiger partial charge in [0.2, 0.25) is 0 Å². The highest BCUT2D eigenvalue weighted by Gasteiger charge is 2.16. The molecule has 4 nitrogen and oxygen atoms in total. The number of rotatable bonds is 7. The first kappa shape index (κ1) is 19.5. The Morgan fingerprint density at radius 1 is 1.24 bits per heavy atom. The summed E-state index contributed by atoms with van der Waals surface area (Å²) in [6.07, 6.45) is 0. The third kappa shape index (κ3) is 5.59. The molecule has 1 atom stereocenters. The molecule has 0 radical (unpaired) electrons. The van der Waals surface area contributed by atoms with Crippen LogP contribution in [0.15, 0.2) is 36.4 Å². The van der Waals surface area contributed by atoms with Crippen molar-refractivity contribution in [3.8, 4) is 5.75 Å². The first-order valence-corrected chi connectivity index (χ1v) is 8.59. The molecule has 0 heterocycles. The Bertz CT molecular complexity index is 756. The number of anilines is 1. The Morgan fingerprint density at radius 3 is 2.64 bits per heavy atom. The zero-order valence-electron chi connectivity index (χ0n) is 14.0. The van der Waals surface area contributed by atoms with Gasteiger partial charge in [-0.3, -0.25) is 4.79 Å². The number of halogens is 3. The number of likely N-dealkylation sites (N-methyl/N-ethyl adjacent to an activating group) is 1. The summed E-state index contributed by atoms with van der Waals surface area (Å²) in [5.74, 6) is -0.393. The van der Waals surface area contributed by atoms with Crippen LogP contribution in [0.4, 0.5) is 10.1 Å². The van der Waals surface area contributed by atoms with E-state index in [9.17, 15) is 9.18 Å². The number of hydrogen-bond donors (Lipinski definition) is 2. The molecule has 2 aromatic carbocycles. The first-order chi connectivity index (χ1) is 11.9. The highest BCUT2D eigenvalue weighted by molar-refractivity contribution is 6.35. The lowest BCUT2D eigenvalue weighted by Gasteiger charge is -2.18. The molecule has 0 aliphatic heterocycles. The van der Waals surface area contributed by atoms with Gasteiger partial charge in [0.25, 0.3) is 5.91 Å². The summed E-state index contributed by atoms with van der Waals surface area (Å²) in [4.78, 5) is 13.3. The fraction of sp³-hybridized carbons (Fsp3) is 0.278. The number of ether oxygens (including phenoxy) is 1. The van der Waals surface area contributed by atoms with Crippen molar-refractivity contribution in [1.82, 2.24) is 0 Å². The van der Waals surface area contributed by atoms with Gasteiger partial charge in [-0.15, -0.1) is 0 Å². The molecule has 1 amide bonds. The number of hydrogen-bond acceptors (Lipinski definition) is 2. The lowest BCUT2D eigenvalue weighted by molar-refractivity contribution is -0.903. The molecule has 0 spiro atoms. The number of amides is 1. The van der Waals surface area contributed by atoms with Gasteiger partial charge in [0, 0.05) is 10.6 Å². The van der Waals surface area contributed by atoms with Crippen molar-refractivity contribution in [3.05, 3.63) is 57.8 Å². The van der Waals surface area contributed by atoms with Crippen LogP contribution in [0.5, 0.6) is 5.75 Å². The lowest BCUT2D eigenvalue weighted by Crippen LogP contribution is -3.11. The van der Waals surface area contributed by atoms with Crippen molar-refractivity contribution >= 4 is 34.8 Å². The van der Waals surface area contributed by atoms with Crippen molar-refractivity contribution in [3.63, 3.8) is 0 Å². The molecule has 0 aliphatic rings. The average Bonchev–Trinajstić information content (AvgIpc) is 2.57. The molecule has 1 unspecified atom stereocenters. The predicted octanol–water partition coefficient (Wildman–Crippen LogP) is 3.18. The highest BCUT2D eigenvalue weighted by Crippen LogP contribution is 2.25. The van der Waals surface area contributed by atoms with Crippen LogP contribution in [-0.2, 0) is 11.3 Å². The van der Waals surface area contributed by atoms with Gasteiger partial charge in [-0.25, -0.2) is 4.39 Å². The second-order valence-electron chi connectivity index (χ2n) is 5.60. The highest BCUT2D eigenvalue weighted by atomic mass is 35.5. The fourth-order valence-electron chi connectivity index (χ4n) is 2.44. The minimum absolute atomic E-state index is 0.185. The molecule has 2 N–H and O–H groups in total. The van der Waals surface area contributed by atoms with E-state index >= 15 is 0 Å². The summed E-state index contributed by atoms with van der Waals surface area (Å²) in [5, 5.41) is 3.68. The van der Waals surface area contributed by atoms with E-state index in [4.69, 9.17) is 27.9 Å². The molecule has 0 aromatic heterocycles. The molecule has 25 heavy (non-hydrogen) atoms. The van der Waals surface area contributed by atoms with Gasteiger partial charge in [0.15, 0.2) is 18.1 Å². The number of carbonyl (C=O) groups is 1. The van der Waals surface area contributed by atoms with E-state index in [-0.39, 0.29) is 18.2 Å². The minimum atomic E-state index is -0.411. The molecule has 134 valence electrons. The Balaban J connectivity index is 2.00. The van der Waals surface area contributed by atoms with E-state index in [2.05, 4.69) is 5.32 Å². The van der Waals surface area contributed by atoms with Crippen molar-refractivity contribution < 1.29 is 18.8 Å². The van der Waals surface area contributed by atoms with Gasteiger partial charge in [-0.05, 0) is 43.3 Å². The van der Waals surface area contributed by atoms with E-state index in [1.165, 1.54) is 13.2 Å². The second kappa shape index (κ2) is 9.04. The van der Waals surface area contributed by atoms with E-state index in [0.717, 1.165) is 10.5 Å². The number of benzene rings is 2. The summed E-state index contributed by atoms with van der Waals surface area (Å²) in [7, 11) is 1.42. The zero-order chi connectivity index (χ0) is 18.4. The third-order valence-electron chi connectivity index (χ3n) is 3.78.